The van der Waals surface area contributed by atoms with Gasteiger partial charge in [-0.3, -0.25) is 0 Å². The second-order valence-electron chi connectivity index (χ2n) is 8.85. The lowest BCUT2D eigenvalue weighted by molar-refractivity contribution is 0.0557. The SMILES string of the molecule is COC(=O)N1CC(C)(N2CCc3c(-c4cnc(N)nc4)nc(N4CCOC[C@@H]4C)nc32)C1. The van der Waals surface area contributed by atoms with Crippen LogP contribution < -0.4 is 15.5 Å². The molecule has 0 aromatic carbocycles. The summed E-state index contributed by atoms with van der Waals surface area (Å²) in [7, 11) is 1.41. The summed E-state index contributed by atoms with van der Waals surface area (Å²) >= 11 is 0. The Hall–Kier alpha value is -3.21. The summed E-state index contributed by atoms with van der Waals surface area (Å²) in [6.45, 7) is 8.26. The van der Waals surface area contributed by atoms with Gasteiger partial charge in [-0.25, -0.2) is 19.7 Å². The average Bonchev–Trinajstić information content (AvgIpc) is 3.21. The van der Waals surface area contributed by atoms with E-state index in [9.17, 15) is 4.79 Å². The summed E-state index contributed by atoms with van der Waals surface area (Å²) in [5, 5.41) is 0. The number of rotatable bonds is 3. The topological polar surface area (TPSA) is 123 Å². The average molecular weight is 441 g/mol. The number of aromatic nitrogens is 4. The minimum absolute atomic E-state index is 0.168. The first-order valence-corrected chi connectivity index (χ1v) is 10.8. The zero-order valence-corrected chi connectivity index (χ0v) is 18.6. The van der Waals surface area contributed by atoms with Crippen LogP contribution in [0.4, 0.5) is 22.5 Å². The van der Waals surface area contributed by atoms with Crippen LogP contribution in [0.25, 0.3) is 11.3 Å². The number of ether oxygens (including phenoxy) is 2. The van der Waals surface area contributed by atoms with Gasteiger partial charge in [-0.05, 0) is 20.3 Å². The largest absolute Gasteiger partial charge is 0.453 e. The molecule has 11 heteroatoms. The van der Waals surface area contributed by atoms with E-state index in [1.54, 1.807) is 17.3 Å². The zero-order valence-electron chi connectivity index (χ0n) is 18.6. The van der Waals surface area contributed by atoms with Crippen molar-refractivity contribution in [3.63, 3.8) is 0 Å². The molecule has 0 spiro atoms. The van der Waals surface area contributed by atoms with Crippen LogP contribution in [0.1, 0.15) is 19.4 Å². The van der Waals surface area contributed by atoms with Gasteiger partial charge in [-0.15, -0.1) is 0 Å². The van der Waals surface area contributed by atoms with Crippen LogP contribution in [-0.2, 0) is 15.9 Å². The molecule has 32 heavy (non-hydrogen) atoms. The number of nitrogen functional groups attached to an aromatic ring is 1. The predicted octanol–water partition coefficient (Wildman–Crippen LogP) is 0.944. The highest BCUT2D eigenvalue weighted by molar-refractivity contribution is 5.74. The Morgan fingerprint density at radius 1 is 1.25 bits per heavy atom. The Morgan fingerprint density at radius 2 is 2.00 bits per heavy atom. The molecule has 2 aromatic rings. The van der Waals surface area contributed by atoms with Gasteiger partial charge < -0.3 is 29.9 Å². The Labute approximate surface area is 186 Å². The van der Waals surface area contributed by atoms with Crippen molar-refractivity contribution in [1.82, 2.24) is 24.8 Å². The van der Waals surface area contributed by atoms with Crippen LogP contribution in [-0.4, -0.2) is 89.0 Å². The molecule has 11 nitrogen and oxygen atoms in total. The van der Waals surface area contributed by atoms with Crippen molar-refractivity contribution in [2.24, 2.45) is 0 Å². The quantitative estimate of drug-likeness (QED) is 0.738. The molecule has 2 saturated heterocycles. The van der Waals surface area contributed by atoms with E-state index in [1.165, 1.54) is 7.11 Å². The molecule has 3 aliphatic heterocycles. The molecule has 0 unspecified atom stereocenters. The Bertz CT molecular complexity index is 1020. The molecule has 0 bridgehead atoms. The molecule has 3 aliphatic rings. The number of likely N-dealkylation sites (tertiary alicyclic amines) is 1. The maximum absolute atomic E-state index is 11.9. The number of amides is 1. The maximum Gasteiger partial charge on any atom is 0.409 e. The smallest absolute Gasteiger partial charge is 0.409 e. The molecule has 170 valence electrons. The summed E-state index contributed by atoms with van der Waals surface area (Å²) in [4.78, 5) is 36.5. The molecular formula is C21H28N8O3. The minimum atomic E-state index is -0.299. The Kier molecular flexibility index (Phi) is 5.00. The van der Waals surface area contributed by atoms with Gasteiger partial charge in [0.25, 0.3) is 0 Å². The molecule has 2 aromatic heterocycles. The molecular weight excluding hydrogens is 412 g/mol. The van der Waals surface area contributed by atoms with E-state index in [-0.39, 0.29) is 23.6 Å². The van der Waals surface area contributed by atoms with Crippen LogP contribution >= 0.6 is 0 Å². The number of nitrogens with zero attached hydrogens (tertiary/aromatic N) is 7. The summed E-state index contributed by atoms with van der Waals surface area (Å²) in [6, 6.07) is 0.168. The molecule has 5 heterocycles. The normalized spacial score (nSPS) is 21.8. The number of fused-ring (bicyclic) bond motifs is 1. The minimum Gasteiger partial charge on any atom is -0.453 e. The number of morpholine rings is 1. The number of hydrogen-bond acceptors (Lipinski definition) is 10. The van der Waals surface area contributed by atoms with E-state index in [1.807, 2.05) is 0 Å². The third-order valence-electron chi connectivity index (χ3n) is 6.53. The van der Waals surface area contributed by atoms with Crippen molar-refractivity contribution in [3.8, 4) is 11.3 Å². The Morgan fingerprint density at radius 3 is 2.69 bits per heavy atom. The molecule has 0 radical (unpaired) electrons. The van der Waals surface area contributed by atoms with Crippen LogP contribution in [0.2, 0.25) is 0 Å². The van der Waals surface area contributed by atoms with Crippen LogP contribution in [0.3, 0.4) is 0 Å². The summed E-state index contributed by atoms with van der Waals surface area (Å²) in [5.74, 6) is 1.81. The third kappa shape index (κ3) is 3.36. The highest BCUT2D eigenvalue weighted by atomic mass is 16.5. The second kappa shape index (κ2) is 7.73. The first-order chi connectivity index (χ1) is 15.4. The molecule has 2 fully saturated rings. The van der Waals surface area contributed by atoms with Gasteiger partial charge in [0.1, 0.15) is 5.82 Å². The van der Waals surface area contributed by atoms with Crippen molar-refractivity contribution >= 4 is 23.8 Å². The van der Waals surface area contributed by atoms with Gasteiger partial charge >= 0.3 is 6.09 Å². The van der Waals surface area contributed by atoms with Gasteiger partial charge in [-0.1, -0.05) is 0 Å². The number of anilines is 3. The summed E-state index contributed by atoms with van der Waals surface area (Å²) < 4.78 is 10.5. The van der Waals surface area contributed by atoms with E-state index in [4.69, 9.17) is 25.2 Å². The summed E-state index contributed by atoms with van der Waals surface area (Å²) in [5.41, 5.74) is 8.22. The van der Waals surface area contributed by atoms with Gasteiger partial charge in [0.15, 0.2) is 0 Å². The maximum atomic E-state index is 11.9. The lowest BCUT2D eigenvalue weighted by atomic mass is 9.90. The van der Waals surface area contributed by atoms with Crippen LogP contribution in [0.5, 0.6) is 0 Å². The van der Waals surface area contributed by atoms with E-state index >= 15 is 0 Å². The number of nitrogens with two attached hydrogens (primary N) is 1. The molecule has 2 N–H and O–H groups in total. The lowest BCUT2D eigenvalue weighted by Crippen LogP contribution is -2.69. The first kappa shape index (κ1) is 20.7. The van der Waals surface area contributed by atoms with Crippen molar-refractivity contribution in [2.75, 3.05) is 62.0 Å². The molecule has 1 amide bonds. The van der Waals surface area contributed by atoms with Gasteiger partial charge in [0.05, 0.1) is 37.6 Å². The fourth-order valence-electron chi connectivity index (χ4n) is 4.83. The number of methoxy groups -OCH3 is 1. The monoisotopic (exact) mass is 440 g/mol. The molecule has 5 rings (SSSR count). The first-order valence-electron chi connectivity index (χ1n) is 10.8. The van der Waals surface area contributed by atoms with Gasteiger partial charge in [0.2, 0.25) is 11.9 Å². The fraction of sp³-hybridized carbons (Fsp3) is 0.571. The molecule has 1 atom stereocenters. The zero-order chi connectivity index (χ0) is 22.5. The van der Waals surface area contributed by atoms with E-state index in [0.29, 0.717) is 32.3 Å². The number of hydrogen-bond donors (Lipinski definition) is 1. The van der Waals surface area contributed by atoms with Crippen molar-refractivity contribution in [3.05, 3.63) is 18.0 Å². The van der Waals surface area contributed by atoms with Crippen molar-refractivity contribution in [2.45, 2.75) is 31.8 Å². The molecule has 0 aliphatic carbocycles. The van der Waals surface area contributed by atoms with E-state index in [2.05, 4.69) is 33.6 Å². The highest BCUT2D eigenvalue weighted by Crippen LogP contribution is 2.41. The Balaban J connectivity index is 1.56. The lowest BCUT2D eigenvalue weighted by Gasteiger charge is -2.52. The third-order valence-corrected chi connectivity index (χ3v) is 6.53. The van der Waals surface area contributed by atoms with E-state index < -0.39 is 0 Å². The molecule has 0 saturated carbocycles. The predicted molar refractivity (Wildman–Crippen MR) is 119 cm³/mol. The number of carbonyl (C=O) groups is 1. The highest BCUT2D eigenvalue weighted by Gasteiger charge is 2.49. The summed E-state index contributed by atoms with van der Waals surface area (Å²) in [6.07, 6.45) is 3.93. The van der Waals surface area contributed by atoms with Crippen molar-refractivity contribution < 1.29 is 14.3 Å². The van der Waals surface area contributed by atoms with Crippen LogP contribution in [0.15, 0.2) is 12.4 Å². The van der Waals surface area contributed by atoms with Gasteiger partial charge in [-0.2, -0.15) is 4.98 Å². The second-order valence-corrected chi connectivity index (χ2v) is 8.85. The van der Waals surface area contributed by atoms with Crippen LogP contribution in [0, 0.1) is 0 Å². The fourth-order valence-corrected chi connectivity index (χ4v) is 4.83. The number of carbonyl (C=O) groups excluding carboxylic acids is 1. The standard InChI is InChI=1S/C21H28N8O3/c1-13-10-32-7-6-28(13)19-25-16(14-8-23-18(22)24-9-14)15-4-5-29(17(15)26-19)21(2)11-27(12-21)20(30)31-3/h8-9,13H,4-7,10-12H2,1-3H3,(H2,22,23,24)/t13-/m0/s1. The van der Waals surface area contributed by atoms with E-state index in [0.717, 1.165) is 42.1 Å². The van der Waals surface area contributed by atoms with Gasteiger partial charge in [0, 0.05) is 49.7 Å². The van der Waals surface area contributed by atoms with Crippen molar-refractivity contribution in [1.29, 1.82) is 0 Å².